The number of hydrogen-bond donors (Lipinski definition) is 1. The fourth-order valence-corrected chi connectivity index (χ4v) is 3.11. The van der Waals surface area contributed by atoms with E-state index < -0.39 is 11.9 Å². The Morgan fingerprint density at radius 1 is 1.07 bits per heavy atom. The van der Waals surface area contributed by atoms with E-state index >= 15 is 0 Å². The van der Waals surface area contributed by atoms with Gasteiger partial charge in [0.15, 0.2) is 11.4 Å². The van der Waals surface area contributed by atoms with Crippen molar-refractivity contribution in [2.75, 3.05) is 0 Å². The normalized spacial score (nSPS) is 11.0. The molecular formula is C24H31NO5. The minimum absolute atomic E-state index is 0.0485. The Morgan fingerprint density at radius 2 is 1.70 bits per heavy atom. The van der Waals surface area contributed by atoms with E-state index in [0.29, 0.717) is 5.92 Å². The Hall–Kier alpha value is -2.89. The molecule has 1 aromatic carbocycles. The molecule has 0 aliphatic heterocycles. The van der Waals surface area contributed by atoms with Gasteiger partial charge in [-0.3, -0.25) is 0 Å². The predicted molar refractivity (Wildman–Crippen MR) is 115 cm³/mol. The van der Waals surface area contributed by atoms with Crippen LogP contribution in [0.5, 0.6) is 5.75 Å². The van der Waals surface area contributed by atoms with Gasteiger partial charge in [0.05, 0.1) is 5.56 Å². The topological polar surface area (TPSA) is 85.7 Å². The number of nitrogens with zero attached hydrogens (tertiary/aromatic N) is 1. The second-order valence-electron chi connectivity index (χ2n) is 7.67. The third-order valence-electron chi connectivity index (χ3n) is 4.83. The van der Waals surface area contributed by atoms with Crippen LogP contribution in [0.3, 0.4) is 0 Å². The van der Waals surface area contributed by atoms with Gasteiger partial charge in [0.1, 0.15) is 12.7 Å². The fraction of sp³-hybridized carbons (Fsp3) is 0.458. The maximum absolute atomic E-state index is 12.5. The van der Waals surface area contributed by atoms with Crippen LogP contribution in [0.1, 0.15) is 91.3 Å². The Balaban J connectivity index is 2.17. The number of carboxylic acid groups (broad SMARTS) is 1. The third kappa shape index (κ3) is 6.58. The van der Waals surface area contributed by atoms with Crippen molar-refractivity contribution in [1.82, 2.24) is 4.98 Å². The number of carbonyl (C=O) groups excluding carboxylic acids is 1. The summed E-state index contributed by atoms with van der Waals surface area (Å²) in [6.45, 7) is 8.49. The first-order valence-electron chi connectivity index (χ1n) is 10.5. The first-order valence-corrected chi connectivity index (χ1v) is 10.5. The summed E-state index contributed by atoms with van der Waals surface area (Å²) in [5.74, 6) is -1.26. The zero-order valence-electron chi connectivity index (χ0n) is 18.2. The van der Waals surface area contributed by atoms with Gasteiger partial charge in [0.25, 0.3) is 0 Å². The predicted octanol–water partition coefficient (Wildman–Crippen LogP) is 5.61. The summed E-state index contributed by atoms with van der Waals surface area (Å²) in [6, 6.07) is 9.34. The van der Waals surface area contributed by atoms with Crippen LogP contribution in [0.25, 0.3) is 0 Å². The highest BCUT2D eigenvalue weighted by Gasteiger charge is 2.20. The zero-order chi connectivity index (χ0) is 22.1. The van der Waals surface area contributed by atoms with Crippen LogP contribution in [0, 0.1) is 0 Å². The number of esters is 1. The van der Waals surface area contributed by atoms with Crippen molar-refractivity contribution >= 4 is 11.9 Å². The van der Waals surface area contributed by atoms with E-state index in [-0.39, 0.29) is 29.7 Å². The minimum atomic E-state index is -1.21. The van der Waals surface area contributed by atoms with Gasteiger partial charge in [-0.2, -0.15) is 0 Å². The van der Waals surface area contributed by atoms with E-state index in [2.05, 4.69) is 18.8 Å². The molecule has 1 heterocycles. The van der Waals surface area contributed by atoms with Gasteiger partial charge in [-0.1, -0.05) is 64.8 Å². The molecule has 0 amide bonds. The molecule has 0 saturated heterocycles. The fourth-order valence-electron chi connectivity index (χ4n) is 3.11. The number of carboxylic acids is 1. The average molecular weight is 414 g/mol. The summed E-state index contributed by atoms with van der Waals surface area (Å²) in [5, 5.41) is 9.42. The molecule has 0 aliphatic carbocycles. The summed E-state index contributed by atoms with van der Waals surface area (Å²) in [5.41, 5.74) is 2.06. The number of aromatic carboxylic acids is 1. The first kappa shape index (κ1) is 23.4. The molecule has 0 unspecified atom stereocenters. The second-order valence-corrected chi connectivity index (χ2v) is 7.67. The van der Waals surface area contributed by atoms with Crippen molar-refractivity contribution < 1.29 is 24.2 Å². The Kier molecular flexibility index (Phi) is 8.84. The van der Waals surface area contributed by atoms with Gasteiger partial charge in [-0.25, -0.2) is 14.6 Å². The average Bonchev–Trinajstić information content (AvgIpc) is 2.72. The molecule has 0 bridgehead atoms. The van der Waals surface area contributed by atoms with Crippen molar-refractivity contribution in [2.24, 2.45) is 0 Å². The maximum Gasteiger partial charge on any atom is 0.358 e. The molecule has 6 nitrogen and oxygen atoms in total. The second kappa shape index (κ2) is 11.3. The molecule has 0 atom stereocenters. The lowest BCUT2D eigenvalue weighted by molar-refractivity contribution is 0.0256. The van der Waals surface area contributed by atoms with Crippen molar-refractivity contribution in [1.29, 1.82) is 0 Å². The summed E-state index contributed by atoms with van der Waals surface area (Å²) in [7, 11) is 0. The number of rotatable bonds is 11. The van der Waals surface area contributed by atoms with Gasteiger partial charge >= 0.3 is 11.9 Å². The zero-order valence-corrected chi connectivity index (χ0v) is 18.2. The van der Waals surface area contributed by atoms with Crippen LogP contribution in [0.15, 0.2) is 36.5 Å². The smallest absolute Gasteiger partial charge is 0.358 e. The van der Waals surface area contributed by atoms with Gasteiger partial charge in [-0.05, 0) is 36.0 Å². The van der Waals surface area contributed by atoms with Crippen LogP contribution in [-0.2, 0) is 11.3 Å². The van der Waals surface area contributed by atoms with E-state index in [0.717, 1.165) is 31.2 Å². The van der Waals surface area contributed by atoms with E-state index in [9.17, 15) is 14.7 Å². The highest BCUT2D eigenvalue weighted by atomic mass is 16.5. The van der Waals surface area contributed by atoms with Crippen LogP contribution in [0.4, 0.5) is 0 Å². The van der Waals surface area contributed by atoms with E-state index in [1.54, 1.807) is 0 Å². The number of carbonyl (C=O) groups is 2. The van der Waals surface area contributed by atoms with E-state index in [1.165, 1.54) is 17.8 Å². The molecule has 0 aliphatic rings. The van der Waals surface area contributed by atoms with Gasteiger partial charge in [0, 0.05) is 6.20 Å². The standard InChI is InChI=1S/C24H31NO5/c1-5-7-20(8-6-2)30-24(28)19-13-21(22(23(26)27)25-14-19)29-15-17-9-11-18(12-10-17)16(3)4/h9-14,16,20H,5-8,15H2,1-4H3,(H,26,27). The van der Waals surface area contributed by atoms with E-state index in [4.69, 9.17) is 9.47 Å². The highest BCUT2D eigenvalue weighted by Crippen LogP contribution is 2.22. The molecule has 2 aromatic rings. The lowest BCUT2D eigenvalue weighted by atomic mass is 10.0. The molecular weight excluding hydrogens is 382 g/mol. The van der Waals surface area contributed by atoms with Crippen molar-refractivity contribution in [3.8, 4) is 5.75 Å². The lowest BCUT2D eigenvalue weighted by Crippen LogP contribution is -2.19. The number of aromatic nitrogens is 1. The van der Waals surface area contributed by atoms with Crippen LogP contribution >= 0.6 is 0 Å². The Labute approximate surface area is 178 Å². The summed E-state index contributed by atoms with van der Waals surface area (Å²) in [6.07, 6.45) is 4.48. The summed E-state index contributed by atoms with van der Waals surface area (Å²) >= 11 is 0. The largest absolute Gasteiger partial charge is 0.486 e. The minimum Gasteiger partial charge on any atom is -0.486 e. The SMILES string of the molecule is CCCC(CCC)OC(=O)c1cnc(C(=O)O)c(OCc2ccc(C(C)C)cc2)c1. The molecule has 1 N–H and O–H groups in total. The molecule has 2 rings (SSSR count). The Morgan fingerprint density at radius 3 is 2.23 bits per heavy atom. The molecule has 0 spiro atoms. The number of ether oxygens (including phenoxy) is 2. The lowest BCUT2D eigenvalue weighted by Gasteiger charge is -2.17. The monoisotopic (exact) mass is 413 g/mol. The van der Waals surface area contributed by atoms with Crippen LogP contribution in [-0.4, -0.2) is 28.1 Å². The van der Waals surface area contributed by atoms with Crippen molar-refractivity contribution in [3.05, 3.63) is 58.9 Å². The van der Waals surface area contributed by atoms with Crippen LogP contribution < -0.4 is 4.74 Å². The molecule has 6 heteroatoms. The summed E-state index contributed by atoms with van der Waals surface area (Å²) in [4.78, 5) is 28.0. The quantitative estimate of drug-likeness (QED) is 0.482. The molecule has 1 aromatic heterocycles. The molecule has 162 valence electrons. The Bertz CT molecular complexity index is 839. The number of pyridine rings is 1. The van der Waals surface area contributed by atoms with Gasteiger partial charge in [-0.15, -0.1) is 0 Å². The van der Waals surface area contributed by atoms with Crippen LogP contribution in [0.2, 0.25) is 0 Å². The van der Waals surface area contributed by atoms with E-state index in [1.807, 2.05) is 38.1 Å². The number of benzene rings is 1. The number of hydrogen-bond acceptors (Lipinski definition) is 5. The highest BCUT2D eigenvalue weighted by molar-refractivity contribution is 5.93. The third-order valence-corrected chi connectivity index (χ3v) is 4.83. The molecule has 30 heavy (non-hydrogen) atoms. The van der Waals surface area contributed by atoms with Gasteiger partial charge < -0.3 is 14.6 Å². The van der Waals surface area contributed by atoms with Crippen molar-refractivity contribution in [3.63, 3.8) is 0 Å². The van der Waals surface area contributed by atoms with Gasteiger partial charge in [0.2, 0.25) is 0 Å². The molecule has 0 radical (unpaired) electrons. The first-order chi connectivity index (χ1) is 14.3. The summed E-state index contributed by atoms with van der Waals surface area (Å²) < 4.78 is 11.3. The molecule has 0 fully saturated rings. The maximum atomic E-state index is 12.5. The van der Waals surface area contributed by atoms with Crippen molar-refractivity contribution in [2.45, 2.75) is 72.0 Å². The molecule has 0 saturated carbocycles.